The molecule has 3 aromatic carbocycles. The number of anilines is 1. The molecule has 0 heterocycles. The lowest BCUT2D eigenvalue weighted by Gasteiger charge is -2.34. The van der Waals surface area contributed by atoms with Gasteiger partial charge in [0.25, 0.3) is 0 Å². The molecule has 3 aromatic rings. The van der Waals surface area contributed by atoms with Gasteiger partial charge in [-0.05, 0) is 57.4 Å². The molecule has 0 fully saturated rings. The van der Waals surface area contributed by atoms with Crippen LogP contribution in [0.2, 0.25) is 0 Å². The zero-order valence-corrected chi connectivity index (χ0v) is 25.2. The number of sulfonamides is 1. The van der Waals surface area contributed by atoms with Crippen molar-refractivity contribution in [2.45, 2.75) is 65.1 Å². The number of benzene rings is 3. The second kappa shape index (κ2) is 13.8. The smallest absolute Gasteiger partial charge is 0.243 e. The standard InChI is InChI=1S/C32H40FN3O4S/c1-24-13-11-16-26(21-24)23-35(29(31(38)34-32(2,3)4)22-25-14-7-6-8-15-25)30(37)19-12-20-36(41(5,39)40)28-18-10-9-17-27(28)33/h6-11,13-18,21,29H,12,19-20,22-23H2,1-5H3,(H,34,38)/t29-/m1/s1. The molecule has 2 amide bonds. The fraction of sp³-hybridized carbons (Fsp3) is 0.375. The summed E-state index contributed by atoms with van der Waals surface area (Å²) in [6.07, 6.45) is 1.44. The Morgan fingerprint density at radius 3 is 2.17 bits per heavy atom. The molecule has 9 heteroatoms. The van der Waals surface area contributed by atoms with Crippen LogP contribution in [-0.2, 0) is 32.6 Å². The minimum atomic E-state index is -3.80. The van der Waals surface area contributed by atoms with E-state index in [1.807, 2.05) is 82.3 Å². The third kappa shape index (κ3) is 9.70. The van der Waals surface area contributed by atoms with Crippen LogP contribution in [-0.4, -0.2) is 49.5 Å². The fourth-order valence-corrected chi connectivity index (χ4v) is 5.62. The molecule has 0 saturated heterocycles. The number of rotatable bonds is 12. The summed E-state index contributed by atoms with van der Waals surface area (Å²) in [5.74, 6) is -1.22. The van der Waals surface area contributed by atoms with Crippen molar-refractivity contribution in [1.29, 1.82) is 0 Å². The van der Waals surface area contributed by atoms with Crippen molar-refractivity contribution in [1.82, 2.24) is 10.2 Å². The summed E-state index contributed by atoms with van der Waals surface area (Å²) < 4.78 is 40.5. The Kier molecular flexibility index (Phi) is 10.7. The van der Waals surface area contributed by atoms with Gasteiger partial charge in [0.05, 0.1) is 11.9 Å². The third-order valence-corrected chi connectivity index (χ3v) is 7.66. The Morgan fingerprint density at radius 2 is 1.56 bits per heavy atom. The molecule has 7 nitrogen and oxygen atoms in total. The van der Waals surface area contributed by atoms with Crippen LogP contribution in [0.3, 0.4) is 0 Å². The molecule has 3 rings (SSSR count). The van der Waals surface area contributed by atoms with Gasteiger partial charge in [0.2, 0.25) is 21.8 Å². The van der Waals surface area contributed by atoms with Crippen molar-refractivity contribution in [3.05, 3.63) is 101 Å². The average molecular weight is 582 g/mol. The van der Waals surface area contributed by atoms with Gasteiger partial charge in [-0.1, -0.05) is 72.3 Å². The maximum atomic E-state index is 14.5. The van der Waals surface area contributed by atoms with Gasteiger partial charge in [-0.3, -0.25) is 13.9 Å². The van der Waals surface area contributed by atoms with Crippen molar-refractivity contribution < 1.29 is 22.4 Å². The summed E-state index contributed by atoms with van der Waals surface area (Å²) in [6, 6.07) is 22.1. The normalized spacial score (nSPS) is 12.4. The molecule has 0 bridgehead atoms. The molecular formula is C32H40FN3O4S. The number of aryl methyl sites for hydroxylation is 1. The van der Waals surface area contributed by atoms with Gasteiger partial charge in [0, 0.05) is 31.5 Å². The minimum Gasteiger partial charge on any atom is -0.350 e. The van der Waals surface area contributed by atoms with Crippen molar-refractivity contribution in [2.75, 3.05) is 17.1 Å². The number of carbonyl (C=O) groups excluding carboxylic acids is 2. The van der Waals surface area contributed by atoms with E-state index < -0.39 is 27.4 Å². The number of nitrogens with zero attached hydrogens (tertiary/aromatic N) is 2. The van der Waals surface area contributed by atoms with Crippen LogP contribution in [0.5, 0.6) is 0 Å². The topological polar surface area (TPSA) is 86.8 Å². The second-order valence-corrected chi connectivity index (χ2v) is 13.3. The van der Waals surface area contributed by atoms with Gasteiger partial charge in [0.15, 0.2) is 0 Å². The zero-order valence-electron chi connectivity index (χ0n) is 24.4. The summed E-state index contributed by atoms with van der Waals surface area (Å²) >= 11 is 0. The van der Waals surface area contributed by atoms with Crippen LogP contribution < -0.4 is 9.62 Å². The Bertz CT molecular complexity index is 1440. The van der Waals surface area contributed by atoms with Crippen LogP contribution in [0.1, 0.15) is 50.3 Å². The van der Waals surface area contributed by atoms with Gasteiger partial charge in [-0.2, -0.15) is 0 Å². The van der Waals surface area contributed by atoms with Gasteiger partial charge >= 0.3 is 0 Å². The molecule has 0 unspecified atom stereocenters. The number of hydrogen-bond acceptors (Lipinski definition) is 4. The van der Waals surface area contributed by atoms with E-state index in [1.165, 1.54) is 18.2 Å². The average Bonchev–Trinajstić information content (AvgIpc) is 2.88. The third-order valence-electron chi connectivity index (χ3n) is 6.48. The molecular weight excluding hydrogens is 541 g/mol. The Hall–Kier alpha value is -3.72. The largest absolute Gasteiger partial charge is 0.350 e. The second-order valence-electron chi connectivity index (χ2n) is 11.3. The first-order valence-electron chi connectivity index (χ1n) is 13.7. The number of carbonyl (C=O) groups is 2. The van der Waals surface area contributed by atoms with E-state index in [0.29, 0.717) is 6.42 Å². The molecule has 220 valence electrons. The summed E-state index contributed by atoms with van der Waals surface area (Å²) in [5.41, 5.74) is 2.24. The van der Waals surface area contributed by atoms with E-state index in [1.54, 1.807) is 11.0 Å². The van der Waals surface area contributed by atoms with E-state index >= 15 is 0 Å². The lowest BCUT2D eigenvalue weighted by Crippen LogP contribution is -2.54. The Labute approximate surface area is 243 Å². The number of halogens is 1. The molecule has 0 aromatic heterocycles. The highest BCUT2D eigenvalue weighted by Crippen LogP contribution is 2.23. The molecule has 0 spiro atoms. The van der Waals surface area contributed by atoms with Crippen molar-refractivity contribution >= 4 is 27.5 Å². The van der Waals surface area contributed by atoms with Crippen molar-refractivity contribution in [3.8, 4) is 0 Å². The highest BCUT2D eigenvalue weighted by molar-refractivity contribution is 7.92. The Morgan fingerprint density at radius 1 is 0.927 bits per heavy atom. The van der Waals surface area contributed by atoms with Crippen LogP contribution >= 0.6 is 0 Å². The first kappa shape index (κ1) is 31.8. The number of nitrogens with one attached hydrogen (secondary N) is 1. The summed E-state index contributed by atoms with van der Waals surface area (Å²) in [6.45, 7) is 7.75. The van der Waals surface area contributed by atoms with Gasteiger partial charge < -0.3 is 10.2 Å². The SMILES string of the molecule is Cc1cccc(CN(C(=O)CCCN(c2ccccc2F)S(C)(=O)=O)[C@H](Cc2ccccc2)C(=O)NC(C)(C)C)c1. The van der Waals surface area contributed by atoms with E-state index in [-0.39, 0.29) is 43.4 Å². The van der Waals surface area contributed by atoms with E-state index in [4.69, 9.17) is 0 Å². The molecule has 0 saturated carbocycles. The maximum Gasteiger partial charge on any atom is 0.243 e. The lowest BCUT2D eigenvalue weighted by molar-refractivity contribution is -0.142. The first-order valence-corrected chi connectivity index (χ1v) is 15.5. The predicted molar refractivity (Wildman–Crippen MR) is 161 cm³/mol. The summed E-state index contributed by atoms with van der Waals surface area (Å²) in [7, 11) is -3.80. The first-order chi connectivity index (χ1) is 19.2. The number of hydrogen-bond donors (Lipinski definition) is 1. The maximum absolute atomic E-state index is 14.5. The monoisotopic (exact) mass is 581 g/mol. The number of amides is 2. The quantitative estimate of drug-likeness (QED) is 0.317. The molecule has 0 aliphatic heterocycles. The van der Waals surface area contributed by atoms with Crippen molar-refractivity contribution in [2.24, 2.45) is 0 Å². The van der Waals surface area contributed by atoms with Crippen LogP contribution in [0.4, 0.5) is 10.1 Å². The highest BCUT2D eigenvalue weighted by atomic mass is 32.2. The lowest BCUT2D eigenvalue weighted by atomic mass is 10.00. The fourth-order valence-electron chi connectivity index (χ4n) is 4.65. The van der Waals surface area contributed by atoms with Crippen LogP contribution in [0.15, 0.2) is 78.9 Å². The zero-order chi connectivity index (χ0) is 30.2. The van der Waals surface area contributed by atoms with Crippen LogP contribution in [0, 0.1) is 12.7 Å². The predicted octanol–water partition coefficient (Wildman–Crippen LogP) is 5.24. The molecule has 1 atom stereocenters. The van der Waals surface area contributed by atoms with Gasteiger partial charge in [-0.25, -0.2) is 12.8 Å². The molecule has 41 heavy (non-hydrogen) atoms. The Balaban J connectivity index is 1.91. The molecule has 0 aliphatic carbocycles. The molecule has 0 radical (unpaired) electrons. The van der Waals surface area contributed by atoms with E-state index in [0.717, 1.165) is 27.3 Å². The van der Waals surface area contributed by atoms with Crippen LogP contribution in [0.25, 0.3) is 0 Å². The summed E-state index contributed by atoms with van der Waals surface area (Å²) in [4.78, 5) is 29.1. The molecule has 1 N–H and O–H groups in total. The highest BCUT2D eigenvalue weighted by Gasteiger charge is 2.32. The molecule has 0 aliphatic rings. The van der Waals surface area contributed by atoms with Gasteiger partial charge in [0.1, 0.15) is 11.9 Å². The minimum absolute atomic E-state index is 0.0274. The van der Waals surface area contributed by atoms with Gasteiger partial charge in [-0.15, -0.1) is 0 Å². The van der Waals surface area contributed by atoms with E-state index in [9.17, 15) is 22.4 Å². The summed E-state index contributed by atoms with van der Waals surface area (Å²) in [5, 5.41) is 3.03. The van der Waals surface area contributed by atoms with E-state index in [2.05, 4.69) is 5.32 Å². The number of para-hydroxylation sites is 1. The van der Waals surface area contributed by atoms with Crippen molar-refractivity contribution in [3.63, 3.8) is 0 Å².